The first-order valence-corrected chi connectivity index (χ1v) is 7.00. The number of amides is 2. The molecular weight excluding hydrogens is 270 g/mol. The fourth-order valence-electron chi connectivity index (χ4n) is 2.38. The molecule has 1 aromatic rings. The van der Waals surface area contributed by atoms with Crippen molar-refractivity contribution in [2.75, 3.05) is 25.4 Å². The molecule has 0 aliphatic carbocycles. The number of piperazine rings is 1. The predicted molar refractivity (Wildman–Crippen MR) is 80.1 cm³/mol. The van der Waals surface area contributed by atoms with Gasteiger partial charge < -0.3 is 20.7 Å². The zero-order valence-electron chi connectivity index (χ0n) is 12.6. The van der Waals surface area contributed by atoms with E-state index in [1.807, 2.05) is 6.92 Å². The quantitative estimate of drug-likeness (QED) is 0.814. The molecule has 1 aromatic carbocycles. The van der Waals surface area contributed by atoms with Crippen molar-refractivity contribution in [3.8, 4) is 5.75 Å². The fraction of sp³-hybridized carbons (Fsp3) is 0.467. The first-order chi connectivity index (χ1) is 9.87. The van der Waals surface area contributed by atoms with Crippen LogP contribution in [0.3, 0.4) is 0 Å². The molecule has 0 radical (unpaired) electrons. The Morgan fingerprint density at radius 2 is 2.19 bits per heavy atom. The summed E-state index contributed by atoms with van der Waals surface area (Å²) in [6, 6.07) is 4.95. The van der Waals surface area contributed by atoms with Gasteiger partial charge in [-0.2, -0.15) is 0 Å². The molecule has 0 spiro atoms. The van der Waals surface area contributed by atoms with Crippen molar-refractivity contribution in [3.05, 3.63) is 23.8 Å². The Balaban J connectivity index is 2.27. The van der Waals surface area contributed by atoms with Crippen LogP contribution in [0.4, 0.5) is 5.69 Å². The summed E-state index contributed by atoms with van der Waals surface area (Å²) in [6.07, 6.45) is 0. The van der Waals surface area contributed by atoms with Gasteiger partial charge in [-0.05, 0) is 39.0 Å². The van der Waals surface area contributed by atoms with Gasteiger partial charge in [0.25, 0.3) is 5.91 Å². The summed E-state index contributed by atoms with van der Waals surface area (Å²) in [7, 11) is 0. The first kappa shape index (κ1) is 15.2. The van der Waals surface area contributed by atoms with Crippen LogP contribution in [0.15, 0.2) is 18.2 Å². The molecule has 1 fully saturated rings. The molecule has 2 amide bonds. The van der Waals surface area contributed by atoms with Crippen LogP contribution in [0.2, 0.25) is 0 Å². The van der Waals surface area contributed by atoms with Gasteiger partial charge >= 0.3 is 0 Å². The number of rotatable bonds is 3. The molecule has 21 heavy (non-hydrogen) atoms. The third-order valence-corrected chi connectivity index (χ3v) is 3.65. The second kappa shape index (κ2) is 5.63. The van der Waals surface area contributed by atoms with E-state index in [1.54, 1.807) is 36.9 Å². The molecule has 0 saturated carbocycles. The molecule has 1 heterocycles. The molecule has 114 valence electrons. The van der Waals surface area contributed by atoms with Crippen molar-refractivity contribution in [3.63, 3.8) is 0 Å². The van der Waals surface area contributed by atoms with Crippen molar-refractivity contribution in [1.82, 2.24) is 10.2 Å². The molecule has 1 aliphatic rings. The second-order valence-corrected chi connectivity index (χ2v) is 5.46. The number of carbonyl (C=O) groups excluding carboxylic acids is 2. The largest absolute Gasteiger partial charge is 0.492 e. The van der Waals surface area contributed by atoms with Gasteiger partial charge in [0.15, 0.2) is 0 Å². The SMILES string of the molecule is CCOc1ccc(C(=O)N2CCNC(=O)C2(C)C)cc1N. The third-order valence-electron chi connectivity index (χ3n) is 3.65. The molecule has 0 bridgehead atoms. The lowest BCUT2D eigenvalue weighted by molar-refractivity contribution is -0.133. The predicted octanol–water partition coefficient (Wildman–Crippen LogP) is 1.02. The Morgan fingerprint density at radius 1 is 1.48 bits per heavy atom. The number of benzene rings is 1. The minimum absolute atomic E-state index is 0.152. The van der Waals surface area contributed by atoms with Crippen molar-refractivity contribution in [1.29, 1.82) is 0 Å². The number of nitrogens with two attached hydrogens (primary N) is 1. The molecule has 1 saturated heterocycles. The van der Waals surface area contributed by atoms with Gasteiger partial charge in [0, 0.05) is 18.7 Å². The number of ether oxygens (including phenoxy) is 1. The molecule has 6 nitrogen and oxygen atoms in total. The first-order valence-electron chi connectivity index (χ1n) is 7.00. The molecule has 6 heteroatoms. The van der Waals surface area contributed by atoms with E-state index in [4.69, 9.17) is 10.5 Å². The number of nitrogen functional groups attached to an aromatic ring is 1. The van der Waals surface area contributed by atoms with E-state index in [-0.39, 0.29) is 11.8 Å². The van der Waals surface area contributed by atoms with E-state index in [9.17, 15) is 9.59 Å². The summed E-state index contributed by atoms with van der Waals surface area (Å²) in [5.74, 6) is 0.204. The van der Waals surface area contributed by atoms with E-state index in [0.29, 0.717) is 36.7 Å². The summed E-state index contributed by atoms with van der Waals surface area (Å²) >= 11 is 0. The minimum atomic E-state index is -0.872. The Hall–Kier alpha value is -2.24. The Morgan fingerprint density at radius 3 is 2.81 bits per heavy atom. The van der Waals surface area contributed by atoms with Crippen LogP contribution < -0.4 is 15.8 Å². The maximum Gasteiger partial charge on any atom is 0.254 e. The van der Waals surface area contributed by atoms with Crippen LogP contribution in [-0.2, 0) is 4.79 Å². The van der Waals surface area contributed by atoms with Crippen LogP contribution in [0.5, 0.6) is 5.75 Å². The molecule has 0 unspecified atom stereocenters. The van der Waals surface area contributed by atoms with Crippen molar-refractivity contribution in [2.45, 2.75) is 26.3 Å². The maximum absolute atomic E-state index is 12.6. The van der Waals surface area contributed by atoms with Gasteiger partial charge in [-0.15, -0.1) is 0 Å². The van der Waals surface area contributed by atoms with Crippen molar-refractivity contribution < 1.29 is 14.3 Å². The third kappa shape index (κ3) is 2.79. The monoisotopic (exact) mass is 291 g/mol. The van der Waals surface area contributed by atoms with Crippen LogP contribution >= 0.6 is 0 Å². The lowest BCUT2D eigenvalue weighted by Gasteiger charge is -2.41. The Labute approximate surface area is 124 Å². The summed E-state index contributed by atoms with van der Waals surface area (Å²) in [6.45, 7) is 6.78. The summed E-state index contributed by atoms with van der Waals surface area (Å²) in [4.78, 5) is 26.1. The van der Waals surface area contributed by atoms with Gasteiger partial charge in [-0.1, -0.05) is 0 Å². The van der Waals surface area contributed by atoms with Gasteiger partial charge in [0.2, 0.25) is 5.91 Å². The normalized spacial score (nSPS) is 17.3. The number of anilines is 1. The van der Waals surface area contributed by atoms with Crippen LogP contribution in [-0.4, -0.2) is 41.9 Å². The Kier molecular flexibility index (Phi) is 4.06. The molecule has 0 atom stereocenters. The average molecular weight is 291 g/mol. The summed E-state index contributed by atoms with van der Waals surface area (Å²) in [5, 5.41) is 2.77. The molecule has 1 aliphatic heterocycles. The summed E-state index contributed by atoms with van der Waals surface area (Å²) < 4.78 is 5.36. The van der Waals surface area contributed by atoms with Crippen LogP contribution in [0.25, 0.3) is 0 Å². The lowest BCUT2D eigenvalue weighted by atomic mass is 9.97. The second-order valence-electron chi connectivity index (χ2n) is 5.46. The summed E-state index contributed by atoms with van der Waals surface area (Å²) in [5.41, 5.74) is 5.90. The van der Waals surface area contributed by atoms with E-state index in [1.165, 1.54) is 0 Å². The number of carbonyl (C=O) groups is 2. The van der Waals surface area contributed by atoms with Crippen LogP contribution in [0.1, 0.15) is 31.1 Å². The lowest BCUT2D eigenvalue weighted by Crippen LogP contribution is -2.63. The Bertz CT molecular complexity index is 569. The van der Waals surface area contributed by atoms with Gasteiger partial charge in [-0.25, -0.2) is 0 Å². The molecule has 3 N–H and O–H groups in total. The number of nitrogens with one attached hydrogen (secondary N) is 1. The van der Waals surface area contributed by atoms with Gasteiger partial charge in [-0.3, -0.25) is 9.59 Å². The molecular formula is C15H21N3O3. The molecule has 0 aromatic heterocycles. The minimum Gasteiger partial charge on any atom is -0.492 e. The van der Waals surface area contributed by atoms with E-state index < -0.39 is 5.54 Å². The van der Waals surface area contributed by atoms with E-state index >= 15 is 0 Å². The smallest absolute Gasteiger partial charge is 0.254 e. The standard InChI is InChI=1S/C15H21N3O3/c1-4-21-12-6-5-10(9-11(12)16)13(19)18-8-7-17-14(20)15(18,2)3/h5-6,9H,4,7-8,16H2,1-3H3,(H,17,20). The number of hydrogen-bond donors (Lipinski definition) is 2. The van der Waals surface area contributed by atoms with Crippen LogP contribution in [0, 0.1) is 0 Å². The van der Waals surface area contributed by atoms with E-state index in [2.05, 4.69) is 5.32 Å². The highest BCUT2D eigenvalue weighted by Gasteiger charge is 2.40. The van der Waals surface area contributed by atoms with E-state index in [0.717, 1.165) is 0 Å². The average Bonchev–Trinajstić information content (AvgIpc) is 2.43. The zero-order chi connectivity index (χ0) is 15.6. The van der Waals surface area contributed by atoms with Crippen molar-refractivity contribution in [2.24, 2.45) is 0 Å². The number of hydrogen-bond acceptors (Lipinski definition) is 4. The highest BCUT2D eigenvalue weighted by Crippen LogP contribution is 2.26. The maximum atomic E-state index is 12.6. The van der Waals surface area contributed by atoms with Gasteiger partial charge in [0.1, 0.15) is 11.3 Å². The highest BCUT2D eigenvalue weighted by molar-refractivity contribution is 6.00. The number of nitrogens with zero attached hydrogens (tertiary/aromatic N) is 1. The van der Waals surface area contributed by atoms with Gasteiger partial charge in [0.05, 0.1) is 12.3 Å². The fourth-order valence-corrected chi connectivity index (χ4v) is 2.38. The zero-order valence-corrected chi connectivity index (χ0v) is 12.6. The topological polar surface area (TPSA) is 84.7 Å². The highest BCUT2D eigenvalue weighted by atomic mass is 16.5. The van der Waals surface area contributed by atoms with Crippen molar-refractivity contribution >= 4 is 17.5 Å². The molecule has 2 rings (SSSR count).